The maximum absolute atomic E-state index is 13.1. The number of hydrogen-bond acceptors (Lipinski definition) is 5. The van der Waals surface area contributed by atoms with Crippen molar-refractivity contribution in [1.29, 1.82) is 0 Å². The summed E-state index contributed by atoms with van der Waals surface area (Å²) in [5.41, 5.74) is 2.41. The summed E-state index contributed by atoms with van der Waals surface area (Å²) in [7, 11) is 0. The van der Waals surface area contributed by atoms with Gasteiger partial charge < -0.3 is 9.64 Å². The average molecular weight is 363 g/mol. The van der Waals surface area contributed by atoms with Gasteiger partial charge in [0.15, 0.2) is 0 Å². The van der Waals surface area contributed by atoms with Crippen molar-refractivity contribution in [2.24, 2.45) is 0 Å². The molecule has 1 fully saturated rings. The summed E-state index contributed by atoms with van der Waals surface area (Å²) >= 11 is 0. The Hall–Kier alpha value is -3.06. The van der Waals surface area contributed by atoms with Gasteiger partial charge in [-0.15, -0.1) is 10.2 Å². The van der Waals surface area contributed by atoms with E-state index in [4.69, 9.17) is 4.74 Å². The number of pyridine rings is 1. The Bertz CT molecular complexity index is 859. The van der Waals surface area contributed by atoms with Gasteiger partial charge in [0, 0.05) is 30.6 Å². The number of benzene rings is 1. The maximum atomic E-state index is 13.1. The van der Waals surface area contributed by atoms with Gasteiger partial charge in [-0.25, -0.2) is 0 Å². The van der Waals surface area contributed by atoms with Gasteiger partial charge in [0.25, 0.3) is 5.91 Å². The van der Waals surface area contributed by atoms with Crippen LogP contribution in [0.4, 0.5) is 0 Å². The van der Waals surface area contributed by atoms with Crippen LogP contribution in [0.15, 0.2) is 61.3 Å². The Kier molecular flexibility index (Phi) is 5.20. The van der Waals surface area contributed by atoms with Crippen LogP contribution in [0, 0.1) is 0 Å². The van der Waals surface area contributed by atoms with Crippen molar-refractivity contribution in [3.63, 3.8) is 0 Å². The molecule has 0 bridgehead atoms. The molecule has 4 rings (SSSR count). The minimum Gasteiger partial charge on any atom is -0.376 e. The lowest BCUT2D eigenvalue weighted by molar-refractivity contribution is 0.0504. The predicted molar refractivity (Wildman–Crippen MR) is 99.3 cm³/mol. The lowest BCUT2D eigenvalue weighted by atomic mass is 10.1. The molecule has 7 heteroatoms. The highest BCUT2D eigenvalue weighted by Crippen LogP contribution is 2.18. The highest BCUT2D eigenvalue weighted by atomic mass is 16.5. The second-order valence-electron chi connectivity index (χ2n) is 6.56. The summed E-state index contributed by atoms with van der Waals surface area (Å²) in [5.74, 6) is -0.0218. The normalized spacial score (nSPS) is 16.4. The van der Waals surface area contributed by atoms with E-state index in [1.807, 2.05) is 47.4 Å². The van der Waals surface area contributed by atoms with Crippen molar-refractivity contribution in [2.75, 3.05) is 13.2 Å². The average Bonchev–Trinajstić information content (AvgIpc) is 3.42. The number of aromatic nitrogens is 4. The molecule has 0 radical (unpaired) electrons. The Morgan fingerprint density at radius 3 is 2.63 bits per heavy atom. The molecule has 1 aromatic carbocycles. The van der Waals surface area contributed by atoms with Crippen LogP contribution in [0.1, 0.15) is 28.9 Å². The fourth-order valence-corrected chi connectivity index (χ4v) is 3.23. The molecule has 1 saturated heterocycles. The molecule has 1 aliphatic rings. The van der Waals surface area contributed by atoms with Crippen LogP contribution in [0.2, 0.25) is 0 Å². The van der Waals surface area contributed by atoms with Crippen molar-refractivity contribution in [3.05, 3.63) is 72.6 Å². The summed E-state index contributed by atoms with van der Waals surface area (Å²) in [6.07, 6.45) is 7.12. The van der Waals surface area contributed by atoms with Crippen LogP contribution in [0.25, 0.3) is 5.69 Å². The highest BCUT2D eigenvalue weighted by molar-refractivity contribution is 5.94. The number of amides is 1. The van der Waals surface area contributed by atoms with Gasteiger partial charge in [-0.3, -0.25) is 14.3 Å². The lowest BCUT2D eigenvalue weighted by Crippen LogP contribution is -2.37. The largest absolute Gasteiger partial charge is 0.376 e. The lowest BCUT2D eigenvalue weighted by Gasteiger charge is -2.25. The Morgan fingerprint density at radius 2 is 1.96 bits per heavy atom. The number of carbonyl (C=O) groups excluding carboxylic acids is 1. The third-order valence-electron chi connectivity index (χ3n) is 4.65. The minimum atomic E-state index is -0.0218. The molecule has 0 N–H and O–H groups in total. The fourth-order valence-electron chi connectivity index (χ4n) is 3.23. The summed E-state index contributed by atoms with van der Waals surface area (Å²) in [4.78, 5) is 19.3. The molecule has 2 aromatic heterocycles. The summed E-state index contributed by atoms with van der Waals surface area (Å²) in [6.45, 7) is 1.80. The molecular weight excluding hydrogens is 342 g/mol. The van der Waals surface area contributed by atoms with E-state index in [2.05, 4.69) is 15.2 Å². The second kappa shape index (κ2) is 8.09. The molecule has 1 atom stereocenters. The van der Waals surface area contributed by atoms with Crippen LogP contribution in [0.5, 0.6) is 0 Å². The van der Waals surface area contributed by atoms with Crippen LogP contribution in [0.3, 0.4) is 0 Å². The van der Waals surface area contributed by atoms with Gasteiger partial charge in [-0.1, -0.05) is 6.07 Å². The smallest absolute Gasteiger partial charge is 0.254 e. The molecule has 0 unspecified atom stereocenters. The molecule has 3 heterocycles. The van der Waals surface area contributed by atoms with E-state index < -0.39 is 0 Å². The molecule has 0 spiro atoms. The maximum Gasteiger partial charge on any atom is 0.254 e. The summed E-state index contributed by atoms with van der Waals surface area (Å²) < 4.78 is 7.54. The molecule has 0 saturated carbocycles. The molecule has 0 aliphatic carbocycles. The fraction of sp³-hybridized carbons (Fsp3) is 0.300. The van der Waals surface area contributed by atoms with E-state index in [0.29, 0.717) is 18.7 Å². The molecule has 138 valence electrons. The first kappa shape index (κ1) is 17.4. The van der Waals surface area contributed by atoms with Gasteiger partial charge in [-0.05, 0) is 49.2 Å². The van der Waals surface area contributed by atoms with Crippen LogP contribution >= 0.6 is 0 Å². The molecule has 3 aromatic rings. The third kappa shape index (κ3) is 4.20. The van der Waals surface area contributed by atoms with Crippen LogP contribution < -0.4 is 0 Å². The van der Waals surface area contributed by atoms with E-state index in [-0.39, 0.29) is 12.0 Å². The van der Waals surface area contributed by atoms with Gasteiger partial charge in [-0.2, -0.15) is 0 Å². The number of nitrogens with zero attached hydrogens (tertiary/aromatic N) is 5. The molecule has 1 amide bonds. The van der Waals surface area contributed by atoms with E-state index in [1.165, 1.54) is 0 Å². The Morgan fingerprint density at radius 1 is 1.15 bits per heavy atom. The van der Waals surface area contributed by atoms with E-state index >= 15 is 0 Å². The van der Waals surface area contributed by atoms with Crippen molar-refractivity contribution in [3.8, 4) is 5.69 Å². The quantitative estimate of drug-likeness (QED) is 0.673. The van der Waals surface area contributed by atoms with Crippen molar-refractivity contribution in [2.45, 2.75) is 25.5 Å². The predicted octanol–water partition coefficient (Wildman–Crippen LogP) is 2.48. The van der Waals surface area contributed by atoms with Crippen molar-refractivity contribution >= 4 is 5.91 Å². The second-order valence-corrected chi connectivity index (χ2v) is 6.56. The summed E-state index contributed by atoms with van der Waals surface area (Å²) in [5, 5.41) is 7.61. The van der Waals surface area contributed by atoms with Gasteiger partial charge in [0.05, 0.1) is 18.3 Å². The molecular formula is C20H21N5O2. The zero-order valence-corrected chi connectivity index (χ0v) is 14.9. The summed E-state index contributed by atoms with van der Waals surface area (Å²) in [6, 6.07) is 13.2. The monoisotopic (exact) mass is 363 g/mol. The molecule has 27 heavy (non-hydrogen) atoms. The number of rotatable bonds is 6. The SMILES string of the molecule is O=C(c1ccc(-n2cnnc2)cc1)N(Cc1ccccn1)C[C@H]1CCCO1. The van der Waals surface area contributed by atoms with E-state index in [1.54, 1.807) is 23.4 Å². The van der Waals surface area contributed by atoms with Gasteiger partial charge in [0.1, 0.15) is 12.7 Å². The zero-order valence-electron chi connectivity index (χ0n) is 14.9. The van der Waals surface area contributed by atoms with Crippen LogP contribution in [-0.2, 0) is 11.3 Å². The first-order chi connectivity index (χ1) is 13.3. The Balaban J connectivity index is 1.53. The zero-order chi connectivity index (χ0) is 18.5. The number of carbonyl (C=O) groups is 1. The van der Waals surface area contributed by atoms with Gasteiger partial charge in [0.2, 0.25) is 0 Å². The first-order valence-electron chi connectivity index (χ1n) is 9.05. The Labute approximate surface area is 157 Å². The number of ether oxygens (including phenoxy) is 1. The van der Waals surface area contributed by atoms with E-state index in [0.717, 1.165) is 30.8 Å². The highest BCUT2D eigenvalue weighted by Gasteiger charge is 2.24. The molecule has 1 aliphatic heterocycles. The molecule has 7 nitrogen and oxygen atoms in total. The topological polar surface area (TPSA) is 73.1 Å². The van der Waals surface area contributed by atoms with Gasteiger partial charge >= 0.3 is 0 Å². The standard InChI is InChI=1S/C20H21N5O2/c26-20(16-6-8-18(9-7-16)25-14-22-23-15-25)24(13-19-5-3-11-27-19)12-17-4-1-2-10-21-17/h1-2,4,6-10,14-15,19H,3,5,11-13H2/t19-/m1/s1. The number of hydrogen-bond donors (Lipinski definition) is 0. The van der Waals surface area contributed by atoms with Crippen LogP contribution in [-0.4, -0.2) is 49.8 Å². The van der Waals surface area contributed by atoms with E-state index in [9.17, 15) is 4.79 Å². The van der Waals surface area contributed by atoms with Crippen molar-refractivity contribution < 1.29 is 9.53 Å². The minimum absolute atomic E-state index is 0.0218. The van der Waals surface area contributed by atoms with Crippen molar-refractivity contribution in [1.82, 2.24) is 24.6 Å². The third-order valence-corrected chi connectivity index (χ3v) is 4.65. The first-order valence-corrected chi connectivity index (χ1v) is 9.05.